The predicted molar refractivity (Wildman–Crippen MR) is 96.3 cm³/mol. The Morgan fingerprint density at radius 3 is 2.48 bits per heavy atom. The smallest absolute Gasteiger partial charge is 0.213 e. The summed E-state index contributed by atoms with van der Waals surface area (Å²) in [7, 11) is 3.26. The van der Waals surface area contributed by atoms with Gasteiger partial charge in [0.05, 0.1) is 26.1 Å². The summed E-state index contributed by atoms with van der Waals surface area (Å²) in [6.07, 6.45) is 3.67. The molecule has 0 unspecified atom stereocenters. The zero-order valence-corrected chi connectivity index (χ0v) is 14.2. The van der Waals surface area contributed by atoms with Crippen molar-refractivity contribution < 1.29 is 9.47 Å². The maximum absolute atomic E-state index is 5.26. The first-order chi connectivity index (χ1) is 11.2. The molecule has 0 atom stereocenters. The minimum Gasteiger partial charge on any atom is -0.497 e. The summed E-state index contributed by atoms with van der Waals surface area (Å²) in [6, 6.07) is 11.8. The van der Waals surface area contributed by atoms with Gasteiger partial charge in [-0.25, -0.2) is 4.98 Å². The maximum Gasteiger partial charge on any atom is 0.213 e. The van der Waals surface area contributed by atoms with Crippen LogP contribution in [0, 0.1) is 0 Å². The number of nitrogens with zero attached hydrogens (tertiary/aromatic N) is 1. The van der Waals surface area contributed by atoms with Crippen LogP contribution in [0.25, 0.3) is 0 Å². The second-order valence-corrected chi connectivity index (χ2v) is 5.33. The molecule has 0 aliphatic carbocycles. The van der Waals surface area contributed by atoms with Gasteiger partial charge in [-0.3, -0.25) is 0 Å². The Balaban J connectivity index is 1.67. The SMILES string of the molecule is COc1ccc(CCCNC(=S)Nc2ccc(OC)nc2)cc1. The molecule has 122 valence electrons. The van der Waals surface area contributed by atoms with E-state index in [4.69, 9.17) is 21.7 Å². The first-order valence-electron chi connectivity index (χ1n) is 7.39. The standard InChI is InChI=1S/C17H21N3O2S/c1-21-15-8-5-13(6-9-15)4-3-11-18-17(23)20-14-7-10-16(22-2)19-12-14/h5-10,12H,3-4,11H2,1-2H3,(H2,18,20,23). The number of rotatable bonds is 7. The van der Waals surface area contributed by atoms with Crippen LogP contribution >= 0.6 is 12.2 Å². The van der Waals surface area contributed by atoms with Crippen LogP contribution < -0.4 is 20.1 Å². The van der Waals surface area contributed by atoms with E-state index < -0.39 is 0 Å². The van der Waals surface area contributed by atoms with E-state index in [1.165, 1.54) is 5.56 Å². The van der Waals surface area contributed by atoms with Gasteiger partial charge in [0.1, 0.15) is 5.75 Å². The third-order valence-corrected chi connectivity index (χ3v) is 3.54. The average molecular weight is 331 g/mol. The third kappa shape index (κ3) is 5.75. The molecular weight excluding hydrogens is 310 g/mol. The Hall–Kier alpha value is -2.34. The van der Waals surface area contributed by atoms with E-state index in [0.29, 0.717) is 11.0 Å². The van der Waals surface area contributed by atoms with Gasteiger partial charge >= 0.3 is 0 Å². The zero-order valence-electron chi connectivity index (χ0n) is 13.3. The van der Waals surface area contributed by atoms with Crippen molar-refractivity contribution in [1.82, 2.24) is 10.3 Å². The van der Waals surface area contributed by atoms with Crippen LogP contribution in [0.15, 0.2) is 42.6 Å². The highest BCUT2D eigenvalue weighted by molar-refractivity contribution is 7.80. The predicted octanol–water partition coefficient (Wildman–Crippen LogP) is 3.02. The number of pyridine rings is 1. The van der Waals surface area contributed by atoms with Gasteiger partial charge < -0.3 is 20.1 Å². The topological polar surface area (TPSA) is 55.4 Å². The van der Waals surface area contributed by atoms with Crippen molar-refractivity contribution in [2.24, 2.45) is 0 Å². The van der Waals surface area contributed by atoms with Gasteiger partial charge in [0.2, 0.25) is 5.88 Å². The molecule has 0 saturated heterocycles. The van der Waals surface area contributed by atoms with E-state index in [2.05, 4.69) is 27.8 Å². The van der Waals surface area contributed by atoms with Crippen molar-refractivity contribution in [1.29, 1.82) is 0 Å². The summed E-state index contributed by atoms with van der Waals surface area (Å²) in [5.74, 6) is 1.46. The van der Waals surface area contributed by atoms with Crippen molar-refractivity contribution >= 4 is 23.0 Å². The number of hydrogen-bond acceptors (Lipinski definition) is 4. The molecule has 0 saturated carbocycles. The van der Waals surface area contributed by atoms with Crippen molar-refractivity contribution in [3.63, 3.8) is 0 Å². The molecule has 0 fully saturated rings. The minimum atomic E-state index is 0.578. The van der Waals surface area contributed by atoms with Crippen LogP contribution in [0.2, 0.25) is 0 Å². The average Bonchev–Trinajstić information content (AvgIpc) is 2.60. The molecule has 6 heteroatoms. The summed E-state index contributed by atoms with van der Waals surface area (Å²) in [5.41, 5.74) is 2.12. The molecule has 0 amide bonds. The van der Waals surface area contributed by atoms with Crippen LogP contribution in [0.1, 0.15) is 12.0 Å². The molecule has 23 heavy (non-hydrogen) atoms. The Labute approximate surface area is 142 Å². The summed E-state index contributed by atoms with van der Waals surface area (Å²) < 4.78 is 10.2. The number of aryl methyl sites for hydroxylation is 1. The molecule has 5 nitrogen and oxygen atoms in total. The lowest BCUT2D eigenvalue weighted by atomic mass is 10.1. The van der Waals surface area contributed by atoms with Gasteiger partial charge in [-0.15, -0.1) is 0 Å². The molecule has 0 spiro atoms. The fraction of sp³-hybridized carbons (Fsp3) is 0.294. The minimum absolute atomic E-state index is 0.578. The number of ether oxygens (including phenoxy) is 2. The molecular formula is C17H21N3O2S. The summed E-state index contributed by atoms with van der Waals surface area (Å²) in [5, 5.41) is 6.87. The normalized spacial score (nSPS) is 10.0. The lowest BCUT2D eigenvalue weighted by Crippen LogP contribution is -2.29. The van der Waals surface area contributed by atoms with Gasteiger partial charge in [-0.05, 0) is 48.8 Å². The van der Waals surface area contributed by atoms with Crippen LogP contribution in [-0.4, -0.2) is 30.9 Å². The van der Waals surface area contributed by atoms with Crippen molar-refractivity contribution in [3.8, 4) is 11.6 Å². The monoisotopic (exact) mass is 331 g/mol. The second kappa shape index (κ2) is 8.95. The van der Waals surface area contributed by atoms with Crippen LogP contribution in [0.5, 0.6) is 11.6 Å². The molecule has 0 aliphatic heterocycles. The third-order valence-electron chi connectivity index (χ3n) is 3.29. The number of anilines is 1. The first-order valence-corrected chi connectivity index (χ1v) is 7.80. The first kappa shape index (κ1) is 17.0. The fourth-order valence-electron chi connectivity index (χ4n) is 2.04. The highest BCUT2D eigenvalue weighted by Gasteiger charge is 2.00. The van der Waals surface area contributed by atoms with E-state index >= 15 is 0 Å². The summed E-state index contributed by atoms with van der Waals surface area (Å²) >= 11 is 5.26. The largest absolute Gasteiger partial charge is 0.497 e. The van der Waals surface area contributed by atoms with Gasteiger partial charge in [0.15, 0.2) is 5.11 Å². The number of aromatic nitrogens is 1. The van der Waals surface area contributed by atoms with Gasteiger partial charge in [-0.2, -0.15) is 0 Å². The number of benzene rings is 1. The molecule has 1 aromatic carbocycles. The number of methoxy groups -OCH3 is 2. The summed E-state index contributed by atoms with van der Waals surface area (Å²) in [4.78, 5) is 4.12. The molecule has 1 heterocycles. The quantitative estimate of drug-likeness (QED) is 0.601. The summed E-state index contributed by atoms with van der Waals surface area (Å²) in [6.45, 7) is 0.807. The van der Waals surface area contributed by atoms with Crippen molar-refractivity contribution in [2.75, 3.05) is 26.1 Å². The zero-order chi connectivity index (χ0) is 16.5. The molecule has 2 aromatic rings. The van der Waals surface area contributed by atoms with Crippen molar-refractivity contribution in [3.05, 3.63) is 48.2 Å². The van der Waals surface area contributed by atoms with Gasteiger partial charge in [0.25, 0.3) is 0 Å². The van der Waals surface area contributed by atoms with Gasteiger partial charge in [-0.1, -0.05) is 12.1 Å². The molecule has 0 radical (unpaired) electrons. The molecule has 2 N–H and O–H groups in total. The number of thiocarbonyl (C=S) groups is 1. The van der Waals surface area contributed by atoms with E-state index in [0.717, 1.165) is 30.8 Å². The lowest BCUT2D eigenvalue weighted by Gasteiger charge is -2.10. The highest BCUT2D eigenvalue weighted by Crippen LogP contribution is 2.12. The molecule has 0 aliphatic rings. The van der Waals surface area contributed by atoms with E-state index in [1.54, 1.807) is 26.5 Å². The van der Waals surface area contributed by atoms with E-state index in [-0.39, 0.29) is 0 Å². The fourth-order valence-corrected chi connectivity index (χ4v) is 2.26. The van der Waals surface area contributed by atoms with Crippen LogP contribution in [0.4, 0.5) is 5.69 Å². The van der Waals surface area contributed by atoms with E-state index in [9.17, 15) is 0 Å². The van der Waals surface area contributed by atoms with Crippen molar-refractivity contribution in [2.45, 2.75) is 12.8 Å². The molecule has 1 aromatic heterocycles. The number of nitrogens with one attached hydrogen (secondary N) is 2. The Bertz CT molecular complexity index is 615. The number of hydrogen-bond donors (Lipinski definition) is 2. The Morgan fingerprint density at radius 2 is 1.87 bits per heavy atom. The highest BCUT2D eigenvalue weighted by atomic mass is 32.1. The van der Waals surface area contributed by atoms with Crippen LogP contribution in [-0.2, 0) is 6.42 Å². The molecule has 0 bridgehead atoms. The van der Waals surface area contributed by atoms with E-state index in [1.807, 2.05) is 18.2 Å². The van der Waals surface area contributed by atoms with Gasteiger partial charge in [0, 0.05) is 12.6 Å². The molecule has 2 rings (SSSR count). The Kier molecular flexibility index (Phi) is 6.62. The Morgan fingerprint density at radius 1 is 1.09 bits per heavy atom. The second-order valence-electron chi connectivity index (χ2n) is 4.92. The van der Waals surface area contributed by atoms with Crippen LogP contribution in [0.3, 0.4) is 0 Å². The maximum atomic E-state index is 5.26. The lowest BCUT2D eigenvalue weighted by molar-refractivity contribution is 0.398.